The number of carboxylic acids is 1. The zero-order valence-electron chi connectivity index (χ0n) is 11.8. The first kappa shape index (κ1) is 15.2. The fourth-order valence-corrected chi connectivity index (χ4v) is 1.75. The van der Waals surface area contributed by atoms with Crippen LogP contribution in [0.5, 0.6) is 0 Å². The Kier molecular flexibility index (Phi) is 4.69. The Hall–Kier alpha value is -1.85. The van der Waals surface area contributed by atoms with Crippen molar-refractivity contribution in [3.8, 4) is 0 Å². The molecule has 106 valence electrons. The molecule has 0 aliphatic rings. The molecule has 0 radical (unpaired) electrons. The molecule has 0 bridgehead atoms. The van der Waals surface area contributed by atoms with E-state index in [4.69, 9.17) is 5.11 Å². The van der Waals surface area contributed by atoms with Crippen LogP contribution in [0.4, 0.5) is 5.82 Å². The maximum atomic E-state index is 12.2. The lowest BCUT2D eigenvalue weighted by atomic mass is 10.1. The number of hydrogen-bond acceptors (Lipinski definition) is 4. The van der Waals surface area contributed by atoms with E-state index in [2.05, 4.69) is 10.3 Å². The Morgan fingerprint density at radius 2 is 2.16 bits per heavy atom. The van der Waals surface area contributed by atoms with E-state index in [0.717, 1.165) is 0 Å². The molecule has 2 N–H and O–H groups in total. The van der Waals surface area contributed by atoms with Crippen molar-refractivity contribution in [2.75, 3.05) is 5.32 Å². The van der Waals surface area contributed by atoms with Crippen LogP contribution in [0.25, 0.3) is 0 Å². The van der Waals surface area contributed by atoms with E-state index in [-0.39, 0.29) is 16.9 Å². The minimum Gasteiger partial charge on any atom is -0.480 e. The van der Waals surface area contributed by atoms with Crippen LogP contribution in [0.2, 0.25) is 0 Å². The largest absolute Gasteiger partial charge is 0.480 e. The monoisotopic (exact) mass is 267 g/mol. The van der Waals surface area contributed by atoms with Crippen LogP contribution in [0.15, 0.2) is 17.2 Å². The lowest BCUT2D eigenvalue weighted by Crippen LogP contribution is -2.38. The fourth-order valence-electron chi connectivity index (χ4n) is 1.75. The lowest BCUT2D eigenvalue weighted by Gasteiger charge is -2.23. The number of nitrogens with one attached hydrogen (secondary N) is 1. The number of aliphatic carboxylic acids is 1. The summed E-state index contributed by atoms with van der Waals surface area (Å²) in [5, 5.41) is 11.8. The smallest absolute Gasteiger partial charge is 0.326 e. The Labute approximate surface area is 112 Å². The highest BCUT2D eigenvalue weighted by molar-refractivity contribution is 5.76. The van der Waals surface area contributed by atoms with Gasteiger partial charge in [-0.05, 0) is 27.2 Å². The highest BCUT2D eigenvalue weighted by Crippen LogP contribution is 2.11. The van der Waals surface area contributed by atoms with Crippen LogP contribution in [-0.2, 0) is 10.3 Å². The van der Waals surface area contributed by atoms with Crippen LogP contribution in [-0.4, -0.2) is 26.7 Å². The van der Waals surface area contributed by atoms with E-state index in [0.29, 0.717) is 12.8 Å². The second kappa shape index (κ2) is 5.86. The van der Waals surface area contributed by atoms with Gasteiger partial charge in [0.25, 0.3) is 5.56 Å². The number of nitrogens with zero attached hydrogens (tertiary/aromatic N) is 2. The topological polar surface area (TPSA) is 84.2 Å². The van der Waals surface area contributed by atoms with Gasteiger partial charge in [0.05, 0.1) is 0 Å². The molecule has 19 heavy (non-hydrogen) atoms. The van der Waals surface area contributed by atoms with Gasteiger partial charge in [0, 0.05) is 17.9 Å². The summed E-state index contributed by atoms with van der Waals surface area (Å²) < 4.78 is 1.53. The van der Waals surface area contributed by atoms with Crippen LogP contribution >= 0.6 is 0 Å². The molecule has 1 rings (SSSR count). The first-order chi connectivity index (χ1) is 8.77. The summed E-state index contributed by atoms with van der Waals surface area (Å²) in [6.45, 7) is 7.60. The number of aromatic nitrogens is 2. The van der Waals surface area contributed by atoms with E-state index in [9.17, 15) is 9.59 Å². The average Bonchev–Trinajstić information content (AvgIpc) is 2.29. The van der Waals surface area contributed by atoms with E-state index in [1.807, 2.05) is 27.7 Å². The van der Waals surface area contributed by atoms with Crippen molar-refractivity contribution in [2.24, 2.45) is 0 Å². The van der Waals surface area contributed by atoms with Gasteiger partial charge < -0.3 is 15.0 Å². The van der Waals surface area contributed by atoms with Gasteiger partial charge in [-0.15, -0.1) is 0 Å². The summed E-state index contributed by atoms with van der Waals surface area (Å²) in [4.78, 5) is 27.3. The maximum absolute atomic E-state index is 12.2. The summed E-state index contributed by atoms with van der Waals surface area (Å²) in [5.74, 6) is -0.896. The minimum absolute atomic E-state index is 0.0817. The molecule has 1 atom stereocenters. The zero-order valence-corrected chi connectivity index (χ0v) is 11.8. The molecule has 1 unspecified atom stereocenters. The number of carbonyl (C=O) groups is 1. The highest BCUT2D eigenvalue weighted by Gasteiger charge is 2.21. The van der Waals surface area contributed by atoms with Gasteiger partial charge in [-0.1, -0.05) is 13.3 Å². The molecular weight excluding hydrogens is 246 g/mol. The molecule has 0 amide bonds. The summed E-state index contributed by atoms with van der Waals surface area (Å²) in [7, 11) is 0. The molecule has 0 saturated carbocycles. The zero-order chi connectivity index (χ0) is 14.6. The van der Waals surface area contributed by atoms with Gasteiger partial charge >= 0.3 is 5.97 Å². The third-order valence-corrected chi connectivity index (χ3v) is 2.75. The van der Waals surface area contributed by atoms with Crippen LogP contribution in [0.3, 0.4) is 0 Å². The third-order valence-electron chi connectivity index (χ3n) is 2.75. The molecule has 1 aromatic heterocycles. The first-order valence-electron chi connectivity index (χ1n) is 6.35. The standard InChI is InChI=1S/C13H21N3O3/c1-5-6-9(12(18)19)15-10-11(17)16(8-7-14-10)13(2,3)4/h7-9H,5-6H2,1-4H3,(H,14,15)(H,18,19). The van der Waals surface area contributed by atoms with Crippen molar-refractivity contribution in [1.29, 1.82) is 0 Å². The van der Waals surface area contributed by atoms with Gasteiger partial charge in [0.15, 0.2) is 5.82 Å². The van der Waals surface area contributed by atoms with Gasteiger partial charge in [0.2, 0.25) is 0 Å². The molecule has 6 nitrogen and oxygen atoms in total. The predicted molar refractivity (Wildman–Crippen MR) is 73.4 cm³/mol. The normalized spacial score (nSPS) is 13.1. The van der Waals surface area contributed by atoms with Crippen molar-refractivity contribution in [1.82, 2.24) is 9.55 Å². The summed E-state index contributed by atoms with van der Waals surface area (Å²) >= 11 is 0. The fraction of sp³-hybridized carbons (Fsp3) is 0.615. The van der Waals surface area contributed by atoms with E-state index < -0.39 is 12.0 Å². The van der Waals surface area contributed by atoms with Crippen molar-refractivity contribution < 1.29 is 9.90 Å². The Bertz CT molecular complexity index is 503. The first-order valence-corrected chi connectivity index (χ1v) is 6.35. The van der Waals surface area contributed by atoms with Crippen molar-refractivity contribution in [3.63, 3.8) is 0 Å². The predicted octanol–water partition coefficient (Wildman–Crippen LogP) is 1.66. The molecule has 0 aliphatic carbocycles. The number of carboxylic acid groups (broad SMARTS) is 1. The van der Waals surface area contributed by atoms with Gasteiger partial charge in [-0.3, -0.25) is 4.79 Å². The van der Waals surface area contributed by atoms with E-state index in [1.165, 1.54) is 10.8 Å². The summed E-state index contributed by atoms with van der Waals surface area (Å²) in [6.07, 6.45) is 4.26. The van der Waals surface area contributed by atoms with Crippen LogP contribution in [0, 0.1) is 0 Å². The quantitative estimate of drug-likeness (QED) is 0.847. The molecule has 1 heterocycles. The second-order valence-electron chi connectivity index (χ2n) is 5.45. The number of anilines is 1. The van der Waals surface area contributed by atoms with Crippen LogP contribution < -0.4 is 10.9 Å². The molecule has 0 aromatic carbocycles. The Balaban J connectivity index is 3.09. The molecular formula is C13H21N3O3. The summed E-state index contributed by atoms with van der Waals surface area (Å²) in [5.41, 5.74) is -0.683. The second-order valence-corrected chi connectivity index (χ2v) is 5.45. The minimum atomic E-state index is -0.978. The summed E-state index contributed by atoms with van der Waals surface area (Å²) in [6, 6.07) is -0.791. The van der Waals surface area contributed by atoms with Gasteiger partial charge in [0.1, 0.15) is 6.04 Å². The molecule has 0 saturated heterocycles. The third kappa shape index (κ3) is 3.81. The van der Waals surface area contributed by atoms with Gasteiger partial charge in [-0.25, -0.2) is 9.78 Å². The van der Waals surface area contributed by atoms with Gasteiger partial charge in [-0.2, -0.15) is 0 Å². The maximum Gasteiger partial charge on any atom is 0.326 e. The average molecular weight is 267 g/mol. The highest BCUT2D eigenvalue weighted by atomic mass is 16.4. The molecule has 0 fully saturated rings. The van der Waals surface area contributed by atoms with Crippen molar-refractivity contribution in [2.45, 2.75) is 52.1 Å². The lowest BCUT2D eigenvalue weighted by molar-refractivity contribution is -0.138. The number of hydrogen-bond donors (Lipinski definition) is 2. The van der Waals surface area contributed by atoms with E-state index in [1.54, 1.807) is 6.20 Å². The molecule has 0 aliphatic heterocycles. The molecule has 1 aromatic rings. The number of rotatable bonds is 5. The molecule has 0 spiro atoms. The van der Waals surface area contributed by atoms with Crippen molar-refractivity contribution >= 4 is 11.8 Å². The Morgan fingerprint density at radius 1 is 1.53 bits per heavy atom. The SMILES string of the molecule is CCCC(Nc1nccn(C(C)(C)C)c1=O)C(=O)O. The van der Waals surface area contributed by atoms with Crippen molar-refractivity contribution in [3.05, 3.63) is 22.7 Å². The Morgan fingerprint density at radius 3 is 2.63 bits per heavy atom. The van der Waals surface area contributed by atoms with Crippen LogP contribution in [0.1, 0.15) is 40.5 Å². The van der Waals surface area contributed by atoms with E-state index >= 15 is 0 Å². The molecule has 6 heteroatoms.